The van der Waals surface area contributed by atoms with Crippen LogP contribution < -0.4 is 9.47 Å². The average Bonchev–Trinajstić information content (AvgIpc) is 3.19. The first kappa shape index (κ1) is 18.7. The smallest absolute Gasteiger partial charge is 0.267 e. The molecule has 4 rings (SSSR count). The van der Waals surface area contributed by atoms with Crippen LogP contribution in [0.25, 0.3) is 0 Å². The van der Waals surface area contributed by atoms with Crippen LogP contribution in [0.1, 0.15) is 31.5 Å². The summed E-state index contributed by atoms with van der Waals surface area (Å²) in [7, 11) is 0. The summed E-state index contributed by atoms with van der Waals surface area (Å²) < 4.78 is 16.9. The zero-order valence-electron chi connectivity index (χ0n) is 16.2. The Morgan fingerprint density at radius 3 is 2.75 bits per heavy atom. The van der Waals surface area contributed by atoms with Gasteiger partial charge in [-0.2, -0.15) is 4.98 Å². The Hall–Kier alpha value is -2.61. The van der Waals surface area contributed by atoms with Crippen molar-refractivity contribution in [2.75, 3.05) is 32.8 Å². The number of ether oxygens (including phenoxy) is 2. The summed E-state index contributed by atoms with van der Waals surface area (Å²) in [6.07, 6.45) is 2.45. The summed E-state index contributed by atoms with van der Waals surface area (Å²) in [6.45, 7) is 5.85. The van der Waals surface area contributed by atoms with Crippen LogP contribution in [-0.4, -0.2) is 64.7 Å². The lowest BCUT2D eigenvalue weighted by molar-refractivity contribution is -0.143. The van der Waals surface area contributed by atoms with Gasteiger partial charge in [0.2, 0.25) is 12.0 Å². The first-order valence-corrected chi connectivity index (χ1v) is 9.94. The summed E-state index contributed by atoms with van der Waals surface area (Å²) in [6, 6.07) is 7.44. The molecule has 2 aliphatic rings. The number of amides is 1. The van der Waals surface area contributed by atoms with E-state index in [0.717, 1.165) is 38.2 Å². The Morgan fingerprint density at radius 1 is 1.18 bits per heavy atom. The third-order valence-electron chi connectivity index (χ3n) is 5.09. The van der Waals surface area contributed by atoms with Crippen LogP contribution in [0.4, 0.5) is 0 Å². The molecule has 0 N–H and O–H groups in total. The largest absolute Gasteiger partial charge is 0.485 e. The first-order valence-electron chi connectivity index (χ1n) is 9.94. The van der Waals surface area contributed by atoms with E-state index in [4.69, 9.17) is 14.0 Å². The number of unbranched alkanes of at least 4 members (excludes halogenated alkanes) is 1. The van der Waals surface area contributed by atoms with Crippen molar-refractivity contribution in [1.82, 2.24) is 19.9 Å². The van der Waals surface area contributed by atoms with E-state index in [0.29, 0.717) is 37.0 Å². The maximum Gasteiger partial charge on any atom is 0.267 e. The minimum atomic E-state index is -0.585. The second-order valence-corrected chi connectivity index (χ2v) is 7.17. The molecule has 2 aromatic rings. The molecular formula is C20H26N4O4. The highest BCUT2D eigenvalue weighted by atomic mass is 16.6. The van der Waals surface area contributed by atoms with E-state index in [1.54, 1.807) is 0 Å². The summed E-state index contributed by atoms with van der Waals surface area (Å²) in [5, 5.41) is 4.03. The number of piperazine rings is 1. The van der Waals surface area contributed by atoms with Gasteiger partial charge in [0.15, 0.2) is 17.3 Å². The van der Waals surface area contributed by atoms with Crippen LogP contribution in [0.2, 0.25) is 0 Å². The molecule has 0 radical (unpaired) electrons. The molecule has 1 aromatic heterocycles. The van der Waals surface area contributed by atoms with Gasteiger partial charge in [0.25, 0.3) is 5.91 Å². The Kier molecular flexibility index (Phi) is 5.76. The van der Waals surface area contributed by atoms with Crippen molar-refractivity contribution in [2.45, 2.75) is 38.8 Å². The molecule has 1 aromatic carbocycles. The molecule has 150 valence electrons. The number of fused-ring (bicyclic) bond motifs is 1. The molecule has 0 bridgehead atoms. The third kappa shape index (κ3) is 4.27. The molecule has 1 fully saturated rings. The zero-order valence-corrected chi connectivity index (χ0v) is 16.2. The van der Waals surface area contributed by atoms with E-state index in [9.17, 15) is 4.79 Å². The van der Waals surface area contributed by atoms with Gasteiger partial charge in [-0.3, -0.25) is 9.69 Å². The molecule has 1 amide bonds. The lowest BCUT2D eigenvalue weighted by Crippen LogP contribution is -2.53. The molecule has 28 heavy (non-hydrogen) atoms. The highest BCUT2D eigenvalue weighted by Gasteiger charge is 2.32. The molecule has 8 nitrogen and oxygen atoms in total. The van der Waals surface area contributed by atoms with E-state index in [1.165, 1.54) is 0 Å². The maximum absolute atomic E-state index is 12.8. The highest BCUT2D eigenvalue weighted by molar-refractivity contribution is 5.82. The minimum absolute atomic E-state index is 0.0196. The standard InChI is InChI=1S/C20H26N4O4/c1-2-3-8-18-21-19(28-22-18)13-23-9-11-24(12-10-23)20(25)17-14-26-15-6-4-5-7-16(15)27-17/h4-7,17H,2-3,8-14H2,1H3. The molecule has 8 heteroatoms. The van der Waals surface area contributed by atoms with Crippen molar-refractivity contribution in [3.05, 3.63) is 36.0 Å². The summed E-state index contributed by atoms with van der Waals surface area (Å²) in [5.74, 6) is 2.72. The predicted molar refractivity (Wildman–Crippen MR) is 101 cm³/mol. The van der Waals surface area contributed by atoms with Gasteiger partial charge >= 0.3 is 0 Å². The van der Waals surface area contributed by atoms with Gasteiger partial charge in [-0.05, 0) is 18.6 Å². The molecule has 0 aliphatic carbocycles. The molecule has 1 atom stereocenters. The fourth-order valence-electron chi connectivity index (χ4n) is 3.45. The van der Waals surface area contributed by atoms with Crippen LogP contribution in [0.15, 0.2) is 28.8 Å². The molecular weight excluding hydrogens is 360 g/mol. The number of hydrogen-bond donors (Lipinski definition) is 0. The summed E-state index contributed by atoms with van der Waals surface area (Å²) in [4.78, 5) is 21.3. The third-order valence-corrected chi connectivity index (χ3v) is 5.09. The Balaban J connectivity index is 1.26. The van der Waals surface area contributed by atoms with Crippen molar-refractivity contribution >= 4 is 5.91 Å². The van der Waals surface area contributed by atoms with E-state index in [1.807, 2.05) is 29.2 Å². The number of aromatic nitrogens is 2. The van der Waals surface area contributed by atoms with Crippen LogP contribution in [0.3, 0.4) is 0 Å². The van der Waals surface area contributed by atoms with E-state index in [2.05, 4.69) is 22.0 Å². The Bertz CT molecular complexity index is 801. The second kappa shape index (κ2) is 8.60. The van der Waals surface area contributed by atoms with Crippen LogP contribution in [-0.2, 0) is 17.8 Å². The number of nitrogens with zero attached hydrogens (tertiary/aromatic N) is 4. The molecule has 1 unspecified atom stereocenters. The maximum atomic E-state index is 12.8. The number of hydrogen-bond acceptors (Lipinski definition) is 7. The lowest BCUT2D eigenvalue weighted by Gasteiger charge is -2.36. The summed E-state index contributed by atoms with van der Waals surface area (Å²) in [5.41, 5.74) is 0. The number of aryl methyl sites for hydroxylation is 1. The van der Waals surface area contributed by atoms with E-state index >= 15 is 0 Å². The highest BCUT2D eigenvalue weighted by Crippen LogP contribution is 2.31. The van der Waals surface area contributed by atoms with Crippen molar-refractivity contribution < 1.29 is 18.8 Å². The number of rotatable bonds is 6. The average molecular weight is 386 g/mol. The Labute approximate surface area is 164 Å². The predicted octanol–water partition coefficient (Wildman–Crippen LogP) is 1.90. The molecule has 0 spiro atoms. The molecule has 0 saturated carbocycles. The van der Waals surface area contributed by atoms with E-state index < -0.39 is 6.10 Å². The van der Waals surface area contributed by atoms with Gasteiger partial charge < -0.3 is 18.9 Å². The van der Waals surface area contributed by atoms with Gasteiger partial charge in [0, 0.05) is 32.6 Å². The number of carbonyl (C=O) groups is 1. The number of benzene rings is 1. The quantitative estimate of drug-likeness (QED) is 0.750. The number of carbonyl (C=O) groups excluding carboxylic acids is 1. The van der Waals surface area contributed by atoms with Crippen LogP contribution >= 0.6 is 0 Å². The molecule has 1 saturated heterocycles. The molecule has 2 aliphatic heterocycles. The van der Waals surface area contributed by atoms with E-state index in [-0.39, 0.29) is 12.5 Å². The summed E-state index contributed by atoms with van der Waals surface area (Å²) >= 11 is 0. The van der Waals surface area contributed by atoms with Gasteiger partial charge in [-0.15, -0.1) is 0 Å². The van der Waals surface area contributed by atoms with Gasteiger partial charge in [0.05, 0.1) is 6.54 Å². The SMILES string of the molecule is CCCCc1noc(CN2CCN(C(=O)C3COc4ccccc4O3)CC2)n1. The zero-order chi connectivity index (χ0) is 19.3. The number of para-hydroxylation sites is 2. The fraction of sp³-hybridized carbons (Fsp3) is 0.550. The van der Waals surface area contributed by atoms with Gasteiger partial charge in [-0.25, -0.2) is 0 Å². The molecule has 3 heterocycles. The van der Waals surface area contributed by atoms with Crippen molar-refractivity contribution in [2.24, 2.45) is 0 Å². The lowest BCUT2D eigenvalue weighted by atomic mass is 10.2. The fourth-order valence-corrected chi connectivity index (χ4v) is 3.45. The Morgan fingerprint density at radius 2 is 1.96 bits per heavy atom. The van der Waals surface area contributed by atoms with Crippen molar-refractivity contribution in [1.29, 1.82) is 0 Å². The van der Waals surface area contributed by atoms with Crippen molar-refractivity contribution in [3.63, 3.8) is 0 Å². The van der Waals surface area contributed by atoms with Crippen LogP contribution in [0, 0.1) is 0 Å². The van der Waals surface area contributed by atoms with Gasteiger partial charge in [-0.1, -0.05) is 30.6 Å². The topological polar surface area (TPSA) is 80.9 Å². The first-order chi connectivity index (χ1) is 13.7. The van der Waals surface area contributed by atoms with Crippen LogP contribution in [0.5, 0.6) is 11.5 Å². The monoisotopic (exact) mass is 386 g/mol. The normalized spacial score (nSPS) is 19.6. The van der Waals surface area contributed by atoms with Gasteiger partial charge in [0.1, 0.15) is 6.61 Å². The second-order valence-electron chi connectivity index (χ2n) is 7.17. The van der Waals surface area contributed by atoms with Crippen molar-refractivity contribution in [3.8, 4) is 11.5 Å². The minimum Gasteiger partial charge on any atom is -0.485 e.